The summed E-state index contributed by atoms with van der Waals surface area (Å²) in [4.78, 5) is 21.5. The molecule has 3 rings (SSSR count). The van der Waals surface area contributed by atoms with E-state index in [1.807, 2.05) is 23.1 Å². The maximum Gasteiger partial charge on any atom is 0.254 e. The van der Waals surface area contributed by atoms with Crippen LogP contribution in [0.25, 0.3) is 11.0 Å². The lowest BCUT2D eigenvalue weighted by molar-refractivity contribution is 0.0763. The zero-order chi connectivity index (χ0) is 12.5. The molecule has 1 saturated carbocycles. The van der Waals surface area contributed by atoms with Crippen molar-refractivity contribution >= 4 is 16.9 Å². The summed E-state index contributed by atoms with van der Waals surface area (Å²) in [5, 5.41) is 0. The Balaban J connectivity index is 1.91. The van der Waals surface area contributed by atoms with Crippen LogP contribution in [0.4, 0.5) is 0 Å². The summed E-state index contributed by atoms with van der Waals surface area (Å²) in [5.41, 5.74) is 2.49. The number of benzene rings is 1. The number of imidazole rings is 1. The number of nitrogens with one attached hydrogen (secondary N) is 1. The molecule has 2 aromatic rings. The first-order chi connectivity index (χ1) is 8.79. The third-order valence-electron chi connectivity index (χ3n) is 3.24. The van der Waals surface area contributed by atoms with Crippen LogP contribution < -0.4 is 0 Å². The van der Waals surface area contributed by atoms with Crippen LogP contribution >= 0.6 is 0 Å². The normalized spacial score (nSPS) is 14.7. The van der Waals surface area contributed by atoms with E-state index in [0.717, 1.165) is 23.9 Å². The van der Waals surface area contributed by atoms with Crippen molar-refractivity contribution in [1.29, 1.82) is 0 Å². The highest BCUT2D eigenvalue weighted by atomic mass is 16.2. The Labute approximate surface area is 105 Å². The third kappa shape index (κ3) is 1.90. The highest BCUT2D eigenvalue weighted by molar-refractivity contribution is 5.97. The number of fused-ring (bicyclic) bond motifs is 1. The van der Waals surface area contributed by atoms with E-state index >= 15 is 0 Å². The van der Waals surface area contributed by atoms with Crippen molar-refractivity contribution in [2.75, 3.05) is 6.54 Å². The third-order valence-corrected chi connectivity index (χ3v) is 3.24. The molecule has 0 unspecified atom stereocenters. The average Bonchev–Trinajstić information content (AvgIpc) is 3.12. The topological polar surface area (TPSA) is 49.0 Å². The van der Waals surface area contributed by atoms with E-state index in [4.69, 9.17) is 0 Å². The van der Waals surface area contributed by atoms with Crippen molar-refractivity contribution in [3.63, 3.8) is 0 Å². The molecule has 0 aliphatic heterocycles. The smallest absolute Gasteiger partial charge is 0.254 e. The zero-order valence-electron chi connectivity index (χ0n) is 10.1. The Morgan fingerprint density at radius 2 is 2.39 bits per heavy atom. The number of carbonyl (C=O) groups is 1. The van der Waals surface area contributed by atoms with Crippen LogP contribution in [-0.4, -0.2) is 33.4 Å². The van der Waals surface area contributed by atoms with E-state index < -0.39 is 0 Å². The van der Waals surface area contributed by atoms with E-state index in [1.54, 1.807) is 12.4 Å². The lowest BCUT2D eigenvalue weighted by Crippen LogP contribution is -2.33. The molecule has 1 aromatic heterocycles. The van der Waals surface area contributed by atoms with E-state index in [2.05, 4.69) is 16.5 Å². The minimum atomic E-state index is 0.0777. The molecule has 1 fully saturated rings. The summed E-state index contributed by atoms with van der Waals surface area (Å²) in [6.45, 7) is 4.33. The zero-order valence-corrected chi connectivity index (χ0v) is 10.1. The van der Waals surface area contributed by atoms with Gasteiger partial charge in [-0.05, 0) is 31.0 Å². The van der Waals surface area contributed by atoms with E-state index in [0.29, 0.717) is 18.2 Å². The Hall–Kier alpha value is -2.10. The van der Waals surface area contributed by atoms with Crippen LogP contribution in [-0.2, 0) is 0 Å². The van der Waals surface area contributed by atoms with Crippen LogP contribution in [0.15, 0.2) is 37.2 Å². The lowest BCUT2D eigenvalue weighted by atomic mass is 10.1. The molecule has 4 heteroatoms. The molecule has 1 heterocycles. The first-order valence-corrected chi connectivity index (χ1v) is 6.14. The highest BCUT2D eigenvalue weighted by Gasteiger charge is 2.32. The summed E-state index contributed by atoms with van der Waals surface area (Å²) in [7, 11) is 0. The Kier molecular flexibility index (Phi) is 2.63. The van der Waals surface area contributed by atoms with Gasteiger partial charge < -0.3 is 9.88 Å². The second-order valence-corrected chi connectivity index (χ2v) is 4.61. The highest BCUT2D eigenvalue weighted by Crippen LogP contribution is 2.28. The van der Waals surface area contributed by atoms with E-state index in [9.17, 15) is 4.79 Å². The summed E-state index contributed by atoms with van der Waals surface area (Å²) in [6, 6.07) is 5.97. The summed E-state index contributed by atoms with van der Waals surface area (Å²) in [6.07, 6.45) is 5.63. The van der Waals surface area contributed by atoms with Gasteiger partial charge in [0, 0.05) is 18.2 Å². The van der Waals surface area contributed by atoms with Gasteiger partial charge in [-0.1, -0.05) is 6.08 Å². The Morgan fingerprint density at radius 1 is 1.56 bits per heavy atom. The molecule has 1 N–H and O–H groups in total. The second-order valence-electron chi connectivity index (χ2n) is 4.61. The van der Waals surface area contributed by atoms with E-state index in [1.165, 1.54) is 0 Å². The van der Waals surface area contributed by atoms with Gasteiger partial charge in [0.15, 0.2) is 0 Å². The van der Waals surface area contributed by atoms with Gasteiger partial charge >= 0.3 is 0 Å². The maximum absolute atomic E-state index is 12.4. The number of amides is 1. The average molecular weight is 241 g/mol. The van der Waals surface area contributed by atoms with Gasteiger partial charge in [-0.3, -0.25) is 4.79 Å². The van der Waals surface area contributed by atoms with Gasteiger partial charge in [0.25, 0.3) is 5.91 Å². The van der Waals surface area contributed by atoms with Crippen molar-refractivity contribution in [2.24, 2.45) is 0 Å². The summed E-state index contributed by atoms with van der Waals surface area (Å²) >= 11 is 0. The van der Waals surface area contributed by atoms with Crippen molar-refractivity contribution in [3.05, 3.63) is 42.7 Å². The van der Waals surface area contributed by atoms with E-state index in [-0.39, 0.29) is 5.91 Å². The predicted molar refractivity (Wildman–Crippen MR) is 70.3 cm³/mol. The first-order valence-electron chi connectivity index (χ1n) is 6.14. The Bertz CT molecular complexity index is 598. The summed E-state index contributed by atoms with van der Waals surface area (Å²) < 4.78 is 0. The van der Waals surface area contributed by atoms with Crippen LogP contribution in [0.2, 0.25) is 0 Å². The number of hydrogen-bond donors (Lipinski definition) is 1. The molecule has 0 bridgehead atoms. The minimum absolute atomic E-state index is 0.0777. The largest absolute Gasteiger partial charge is 0.345 e. The molecule has 1 aliphatic rings. The molecule has 4 nitrogen and oxygen atoms in total. The number of H-pyrrole nitrogens is 1. The first kappa shape index (κ1) is 11.0. The fourth-order valence-electron chi connectivity index (χ4n) is 2.16. The number of carbonyl (C=O) groups excluding carboxylic acids is 1. The van der Waals surface area contributed by atoms with Gasteiger partial charge in [0.2, 0.25) is 0 Å². The number of nitrogens with zero attached hydrogens (tertiary/aromatic N) is 2. The molecular formula is C14H15N3O. The van der Waals surface area contributed by atoms with Crippen molar-refractivity contribution in [3.8, 4) is 0 Å². The van der Waals surface area contributed by atoms with Gasteiger partial charge in [-0.2, -0.15) is 0 Å². The van der Waals surface area contributed by atoms with Gasteiger partial charge in [0.05, 0.1) is 17.4 Å². The Morgan fingerprint density at radius 3 is 3.11 bits per heavy atom. The molecule has 0 radical (unpaired) electrons. The van der Waals surface area contributed by atoms with Gasteiger partial charge in [-0.15, -0.1) is 6.58 Å². The molecule has 0 saturated heterocycles. The fourth-order valence-corrected chi connectivity index (χ4v) is 2.16. The lowest BCUT2D eigenvalue weighted by Gasteiger charge is -2.20. The molecule has 1 aromatic carbocycles. The molecule has 18 heavy (non-hydrogen) atoms. The number of hydrogen-bond acceptors (Lipinski definition) is 2. The SMILES string of the molecule is C=CCN(C(=O)c1ccc2nc[nH]c2c1)C1CC1. The van der Waals surface area contributed by atoms with Crippen molar-refractivity contribution in [2.45, 2.75) is 18.9 Å². The molecule has 1 amide bonds. The van der Waals surface area contributed by atoms with Gasteiger partial charge in [0.1, 0.15) is 0 Å². The fraction of sp³-hybridized carbons (Fsp3) is 0.286. The minimum Gasteiger partial charge on any atom is -0.345 e. The molecular weight excluding hydrogens is 226 g/mol. The monoisotopic (exact) mass is 241 g/mol. The van der Waals surface area contributed by atoms with Crippen LogP contribution in [0.3, 0.4) is 0 Å². The molecule has 92 valence electrons. The standard InChI is InChI=1S/C14H15N3O/c1-2-7-17(11-4-5-11)14(18)10-3-6-12-13(8-10)16-9-15-12/h2-3,6,8-9,11H,1,4-5,7H2,(H,15,16). The van der Waals surface area contributed by atoms with Crippen LogP contribution in [0.1, 0.15) is 23.2 Å². The quantitative estimate of drug-likeness (QED) is 0.835. The summed E-state index contributed by atoms with van der Waals surface area (Å²) in [5.74, 6) is 0.0777. The van der Waals surface area contributed by atoms with Gasteiger partial charge in [-0.25, -0.2) is 4.98 Å². The number of aromatic nitrogens is 2. The van der Waals surface area contributed by atoms with Crippen LogP contribution in [0, 0.1) is 0 Å². The number of aromatic amines is 1. The maximum atomic E-state index is 12.4. The molecule has 0 atom stereocenters. The van der Waals surface area contributed by atoms with Crippen molar-refractivity contribution in [1.82, 2.24) is 14.9 Å². The van der Waals surface area contributed by atoms with Crippen molar-refractivity contribution < 1.29 is 4.79 Å². The predicted octanol–water partition coefficient (Wildman–Crippen LogP) is 2.35. The number of rotatable bonds is 4. The molecule has 0 spiro atoms. The molecule has 1 aliphatic carbocycles. The second kappa shape index (κ2) is 4.29. The van der Waals surface area contributed by atoms with Crippen LogP contribution in [0.5, 0.6) is 0 Å².